The summed E-state index contributed by atoms with van der Waals surface area (Å²) in [6.45, 7) is 2.04. The van der Waals surface area contributed by atoms with Gasteiger partial charge < -0.3 is 15.4 Å². The monoisotopic (exact) mass is 348 g/mol. The molecule has 0 radical (unpaired) electrons. The molecule has 0 saturated carbocycles. The van der Waals surface area contributed by atoms with Crippen LogP contribution in [-0.4, -0.2) is 23.0 Å². The fraction of sp³-hybridized carbons (Fsp3) is 0.150. The number of methoxy groups -OCH3 is 1. The molecule has 0 aliphatic rings. The van der Waals surface area contributed by atoms with Crippen LogP contribution < -0.4 is 15.4 Å². The Bertz CT molecular complexity index is 866. The normalized spacial score (nSPS) is 11.5. The Hall–Kier alpha value is -3.41. The number of carbonyl (C=O) groups excluding carboxylic acids is 1. The van der Waals surface area contributed by atoms with Gasteiger partial charge in [-0.1, -0.05) is 30.3 Å². The van der Waals surface area contributed by atoms with Crippen LogP contribution in [0.1, 0.15) is 29.0 Å². The molecule has 132 valence electrons. The predicted octanol–water partition coefficient (Wildman–Crippen LogP) is 3.91. The summed E-state index contributed by atoms with van der Waals surface area (Å²) in [5, 5.41) is 6.09. The van der Waals surface area contributed by atoms with Gasteiger partial charge in [-0.2, -0.15) is 0 Å². The molecule has 2 aromatic carbocycles. The van der Waals surface area contributed by atoms with Crippen molar-refractivity contribution < 1.29 is 9.53 Å². The maximum absolute atomic E-state index is 12.4. The van der Waals surface area contributed by atoms with E-state index in [1.807, 2.05) is 37.3 Å². The average molecular weight is 348 g/mol. The zero-order valence-electron chi connectivity index (χ0n) is 14.6. The molecule has 1 unspecified atom stereocenters. The molecule has 1 atom stereocenters. The molecule has 0 aliphatic heterocycles. The zero-order valence-corrected chi connectivity index (χ0v) is 14.6. The number of carbonyl (C=O) groups is 1. The number of amides is 1. The first-order valence-corrected chi connectivity index (χ1v) is 8.24. The van der Waals surface area contributed by atoms with Crippen molar-refractivity contribution in [1.82, 2.24) is 9.97 Å². The van der Waals surface area contributed by atoms with Crippen LogP contribution in [0.25, 0.3) is 0 Å². The van der Waals surface area contributed by atoms with Gasteiger partial charge in [0.25, 0.3) is 5.91 Å². The molecule has 2 N–H and O–H groups in total. The molecule has 1 aromatic heterocycles. The number of anilines is 2. The summed E-state index contributed by atoms with van der Waals surface area (Å²) in [7, 11) is 1.60. The summed E-state index contributed by atoms with van der Waals surface area (Å²) in [4.78, 5) is 20.7. The Kier molecular flexibility index (Phi) is 5.43. The van der Waals surface area contributed by atoms with Gasteiger partial charge in [-0.05, 0) is 36.8 Å². The number of benzene rings is 2. The number of rotatable bonds is 6. The largest absolute Gasteiger partial charge is 0.497 e. The molecular weight excluding hydrogens is 328 g/mol. The van der Waals surface area contributed by atoms with E-state index < -0.39 is 0 Å². The summed E-state index contributed by atoms with van der Waals surface area (Å²) in [6, 6.07) is 18.8. The molecule has 0 fully saturated rings. The molecule has 0 aliphatic carbocycles. The summed E-state index contributed by atoms with van der Waals surface area (Å²) < 4.78 is 5.11. The maximum Gasteiger partial charge on any atom is 0.274 e. The summed E-state index contributed by atoms with van der Waals surface area (Å²) in [5.41, 5.74) is 2.09. The molecule has 26 heavy (non-hydrogen) atoms. The van der Waals surface area contributed by atoms with Crippen molar-refractivity contribution in [2.75, 3.05) is 17.7 Å². The third-order valence-electron chi connectivity index (χ3n) is 3.91. The molecule has 1 amide bonds. The van der Waals surface area contributed by atoms with Gasteiger partial charge in [0.15, 0.2) is 0 Å². The van der Waals surface area contributed by atoms with Gasteiger partial charge in [0.2, 0.25) is 0 Å². The highest BCUT2D eigenvalue weighted by Crippen LogP contribution is 2.19. The second-order valence-electron chi connectivity index (χ2n) is 5.75. The lowest BCUT2D eigenvalue weighted by Crippen LogP contribution is -2.15. The van der Waals surface area contributed by atoms with E-state index in [0.29, 0.717) is 17.2 Å². The maximum atomic E-state index is 12.4. The highest BCUT2D eigenvalue weighted by atomic mass is 16.5. The minimum Gasteiger partial charge on any atom is -0.497 e. The van der Waals surface area contributed by atoms with Crippen molar-refractivity contribution in [3.05, 3.63) is 78.2 Å². The number of ether oxygens (including phenoxy) is 1. The molecule has 6 heteroatoms. The fourth-order valence-electron chi connectivity index (χ4n) is 2.48. The third-order valence-corrected chi connectivity index (χ3v) is 3.91. The zero-order chi connectivity index (χ0) is 18.4. The van der Waals surface area contributed by atoms with Crippen LogP contribution in [0.5, 0.6) is 5.75 Å². The van der Waals surface area contributed by atoms with Gasteiger partial charge in [-0.25, -0.2) is 9.97 Å². The van der Waals surface area contributed by atoms with Crippen LogP contribution in [0, 0.1) is 0 Å². The Balaban J connectivity index is 1.68. The van der Waals surface area contributed by atoms with Gasteiger partial charge in [0.1, 0.15) is 23.6 Å². The van der Waals surface area contributed by atoms with Crippen LogP contribution in [0.2, 0.25) is 0 Å². The summed E-state index contributed by atoms with van der Waals surface area (Å²) in [5.74, 6) is 1.02. The van der Waals surface area contributed by atoms with E-state index in [2.05, 4.69) is 20.6 Å². The Morgan fingerprint density at radius 3 is 2.46 bits per heavy atom. The lowest BCUT2D eigenvalue weighted by Gasteiger charge is -2.15. The lowest BCUT2D eigenvalue weighted by atomic mass is 10.1. The average Bonchev–Trinajstić information content (AvgIpc) is 2.69. The van der Waals surface area contributed by atoms with Crippen LogP contribution in [0.3, 0.4) is 0 Å². The highest BCUT2D eigenvalue weighted by Gasteiger charge is 2.11. The standard InChI is InChI=1S/C20H20N4O2/c1-14(15-6-4-3-5-7-15)23-19-12-18(21-13-22-19)20(25)24-16-8-10-17(26-2)11-9-16/h3-14H,1-2H3,(H,24,25)(H,21,22,23). The lowest BCUT2D eigenvalue weighted by molar-refractivity contribution is 0.102. The van der Waals surface area contributed by atoms with Gasteiger partial charge in [-0.3, -0.25) is 4.79 Å². The van der Waals surface area contributed by atoms with E-state index in [1.165, 1.54) is 6.33 Å². The predicted molar refractivity (Wildman–Crippen MR) is 101 cm³/mol. The van der Waals surface area contributed by atoms with Crippen LogP contribution >= 0.6 is 0 Å². The second-order valence-corrected chi connectivity index (χ2v) is 5.75. The van der Waals surface area contributed by atoms with Gasteiger partial charge in [0.05, 0.1) is 7.11 Å². The number of nitrogens with zero attached hydrogens (tertiary/aromatic N) is 2. The van der Waals surface area contributed by atoms with Crippen LogP contribution in [0.4, 0.5) is 11.5 Å². The van der Waals surface area contributed by atoms with E-state index in [0.717, 1.165) is 11.3 Å². The van der Waals surface area contributed by atoms with Crippen molar-refractivity contribution in [3.8, 4) is 5.75 Å². The smallest absolute Gasteiger partial charge is 0.274 e. The van der Waals surface area contributed by atoms with E-state index in [9.17, 15) is 4.79 Å². The molecule has 6 nitrogen and oxygen atoms in total. The van der Waals surface area contributed by atoms with Crippen LogP contribution in [0.15, 0.2) is 67.0 Å². The molecule has 3 aromatic rings. The van der Waals surface area contributed by atoms with Crippen molar-refractivity contribution in [3.63, 3.8) is 0 Å². The van der Waals surface area contributed by atoms with Gasteiger partial charge in [-0.15, -0.1) is 0 Å². The third kappa shape index (κ3) is 4.36. The van der Waals surface area contributed by atoms with Crippen LogP contribution in [-0.2, 0) is 0 Å². The van der Waals surface area contributed by atoms with Gasteiger partial charge >= 0.3 is 0 Å². The number of hydrogen-bond acceptors (Lipinski definition) is 5. The van der Waals surface area contributed by atoms with E-state index in [-0.39, 0.29) is 11.9 Å². The molecule has 1 heterocycles. The molecular formula is C20H20N4O2. The first kappa shape index (κ1) is 17.4. The number of nitrogens with one attached hydrogen (secondary N) is 2. The molecule has 3 rings (SSSR count). The Labute approximate surface area is 152 Å². The van der Waals surface area contributed by atoms with E-state index in [4.69, 9.17) is 4.74 Å². The van der Waals surface area contributed by atoms with Gasteiger partial charge in [0, 0.05) is 17.8 Å². The first-order chi connectivity index (χ1) is 12.7. The summed E-state index contributed by atoms with van der Waals surface area (Å²) >= 11 is 0. The topological polar surface area (TPSA) is 76.1 Å². The Morgan fingerprint density at radius 2 is 1.77 bits per heavy atom. The minimum absolute atomic E-state index is 0.0589. The van der Waals surface area contributed by atoms with Crippen molar-refractivity contribution in [2.24, 2.45) is 0 Å². The van der Waals surface area contributed by atoms with E-state index in [1.54, 1.807) is 37.4 Å². The molecule has 0 bridgehead atoms. The SMILES string of the molecule is COc1ccc(NC(=O)c2cc(NC(C)c3ccccc3)ncn2)cc1. The van der Waals surface area contributed by atoms with Crippen molar-refractivity contribution >= 4 is 17.4 Å². The molecule has 0 spiro atoms. The minimum atomic E-state index is -0.298. The van der Waals surface area contributed by atoms with Crippen molar-refractivity contribution in [2.45, 2.75) is 13.0 Å². The van der Waals surface area contributed by atoms with Crippen molar-refractivity contribution in [1.29, 1.82) is 0 Å². The number of hydrogen-bond donors (Lipinski definition) is 2. The summed E-state index contributed by atoms with van der Waals surface area (Å²) in [6.07, 6.45) is 1.38. The Morgan fingerprint density at radius 1 is 1.04 bits per heavy atom. The molecule has 0 saturated heterocycles. The quantitative estimate of drug-likeness (QED) is 0.706. The van der Waals surface area contributed by atoms with E-state index >= 15 is 0 Å². The first-order valence-electron chi connectivity index (χ1n) is 8.24. The highest BCUT2D eigenvalue weighted by molar-refractivity contribution is 6.03. The fourth-order valence-corrected chi connectivity index (χ4v) is 2.48. The second kappa shape index (κ2) is 8.11. The number of aromatic nitrogens is 2.